The lowest BCUT2D eigenvalue weighted by molar-refractivity contribution is -0.144. The molecule has 3 aliphatic rings. The first-order valence-corrected chi connectivity index (χ1v) is 17.5. The average Bonchev–Trinajstić information content (AvgIpc) is 3.77. The summed E-state index contributed by atoms with van der Waals surface area (Å²) in [7, 11) is 0. The van der Waals surface area contributed by atoms with Crippen molar-refractivity contribution in [2.24, 2.45) is 11.8 Å². The lowest BCUT2D eigenvalue weighted by Gasteiger charge is -2.40. The summed E-state index contributed by atoms with van der Waals surface area (Å²) >= 11 is 0. The van der Waals surface area contributed by atoms with Crippen LogP contribution < -0.4 is 14.5 Å². The van der Waals surface area contributed by atoms with Crippen LogP contribution in [0.1, 0.15) is 36.5 Å². The van der Waals surface area contributed by atoms with Crippen LogP contribution in [0, 0.1) is 25.7 Å². The molecule has 9 heteroatoms. The fraction of sp³-hybridized carbons (Fsp3) is 0.390. The lowest BCUT2D eigenvalue weighted by atomic mass is 9.70. The molecular weight excluding hydrogens is 630 g/mol. The number of hydrogen-bond acceptors (Lipinski definition) is 6. The molecule has 50 heavy (non-hydrogen) atoms. The molecule has 1 N–H and O–H groups in total. The van der Waals surface area contributed by atoms with Crippen LogP contribution in [0.5, 0.6) is 5.75 Å². The van der Waals surface area contributed by atoms with E-state index in [0.29, 0.717) is 37.3 Å². The number of amides is 3. The molecule has 3 aromatic rings. The Labute approximate surface area is 294 Å². The van der Waals surface area contributed by atoms with Crippen LogP contribution in [0.4, 0.5) is 11.4 Å². The highest BCUT2D eigenvalue weighted by atomic mass is 16.5. The molecule has 0 aliphatic carbocycles. The zero-order chi connectivity index (χ0) is 35.6. The Morgan fingerprint density at radius 1 is 0.980 bits per heavy atom. The molecule has 2 unspecified atom stereocenters. The van der Waals surface area contributed by atoms with Crippen LogP contribution >= 0.6 is 0 Å². The van der Waals surface area contributed by atoms with Gasteiger partial charge in [0.05, 0.1) is 37.2 Å². The van der Waals surface area contributed by atoms with E-state index < -0.39 is 35.6 Å². The molecule has 3 amide bonds. The second kappa shape index (κ2) is 14.6. The van der Waals surface area contributed by atoms with Gasteiger partial charge in [0.1, 0.15) is 17.4 Å². The number of carbonyl (C=O) groups excluding carboxylic acids is 3. The van der Waals surface area contributed by atoms with Gasteiger partial charge >= 0.3 is 0 Å². The number of hydrogen-bond donors (Lipinski definition) is 1. The van der Waals surface area contributed by atoms with Crippen molar-refractivity contribution < 1.29 is 29.0 Å². The van der Waals surface area contributed by atoms with Gasteiger partial charge in [-0.2, -0.15) is 0 Å². The first kappa shape index (κ1) is 35.1. The first-order chi connectivity index (χ1) is 24.2. The average molecular weight is 678 g/mol. The van der Waals surface area contributed by atoms with E-state index >= 15 is 9.59 Å². The van der Waals surface area contributed by atoms with E-state index in [2.05, 4.69) is 13.2 Å². The Morgan fingerprint density at radius 2 is 1.64 bits per heavy atom. The van der Waals surface area contributed by atoms with Crippen molar-refractivity contribution in [3.05, 3.63) is 115 Å². The number of aryl methyl sites for hydroxylation is 2. The molecular formula is C41H47N3O6. The molecule has 6 atom stereocenters. The number of rotatable bonds is 14. The van der Waals surface area contributed by atoms with Crippen LogP contribution in [-0.4, -0.2) is 77.8 Å². The minimum absolute atomic E-state index is 0.211. The van der Waals surface area contributed by atoms with Crippen molar-refractivity contribution in [1.82, 2.24) is 4.90 Å². The van der Waals surface area contributed by atoms with Crippen molar-refractivity contribution >= 4 is 29.1 Å². The van der Waals surface area contributed by atoms with Gasteiger partial charge in [-0.3, -0.25) is 14.4 Å². The van der Waals surface area contributed by atoms with Crippen LogP contribution in [-0.2, 0) is 25.5 Å². The number of ether oxygens (including phenoxy) is 2. The number of aliphatic hydroxyl groups excluding tert-OH is 1. The Balaban J connectivity index is 1.45. The number of likely N-dealkylation sites (tertiary alicyclic amines) is 1. The molecule has 3 heterocycles. The molecule has 3 aromatic carbocycles. The number of aliphatic hydroxyl groups is 1. The van der Waals surface area contributed by atoms with Gasteiger partial charge < -0.3 is 29.3 Å². The van der Waals surface area contributed by atoms with Gasteiger partial charge in [0.15, 0.2) is 0 Å². The first-order valence-electron chi connectivity index (χ1n) is 17.5. The number of carbonyl (C=O) groups is 3. The van der Waals surface area contributed by atoms with Crippen LogP contribution in [0.25, 0.3) is 0 Å². The molecule has 6 rings (SSSR count). The molecule has 3 aliphatic heterocycles. The van der Waals surface area contributed by atoms with Gasteiger partial charge in [-0.15, -0.1) is 13.2 Å². The second-order valence-electron chi connectivity index (χ2n) is 13.5. The zero-order valence-corrected chi connectivity index (χ0v) is 29.2. The third-order valence-corrected chi connectivity index (χ3v) is 10.5. The highest BCUT2D eigenvalue weighted by Gasteiger charge is 2.75. The number of benzene rings is 3. The van der Waals surface area contributed by atoms with Crippen LogP contribution in [0.2, 0.25) is 0 Å². The van der Waals surface area contributed by atoms with E-state index in [1.54, 1.807) is 26.9 Å². The molecule has 0 aromatic heterocycles. The molecule has 3 fully saturated rings. The maximum Gasteiger partial charge on any atom is 0.253 e. The molecule has 3 saturated heterocycles. The maximum absolute atomic E-state index is 15.2. The van der Waals surface area contributed by atoms with Gasteiger partial charge in [-0.25, -0.2) is 0 Å². The number of nitrogens with zero attached hydrogens (tertiary/aromatic N) is 3. The van der Waals surface area contributed by atoms with Crippen molar-refractivity contribution in [2.45, 2.75) is 63.8 Å². The summed E-state index contributed by atoms with van der Waals surface area (Å²) in [5, 5.41) is 10.9. The Bertz CT molecular complexity index is 1720. The molecule has 0 saturated carbocycles. The largest absolute Gasteiger partial charge is 0.494 e. The van der Waals surface area contributed by atoms with E-state index in [1.807, 2.05) is 93.6 Å². The number of para-hydroxylation sites is 1. The molecule has 0 radical (unpaired) electrons. The summed E-state index contributed by atoms with van der Waals surface area (Å²) in [4.78, 5) is 49.8. The summed E-state index contributed by atoms with van der Waals surface area (Å²) in [6.45, 7) is 14.3. The third-order valence-electron chi connectivity index (χ3n) is 10.5. The summed E-state index contributed by atoms with van der Waals surface area (Å²) in [6, 6.07) is 21.0. The SMILES string of the molecule is C=CCN(C(=O)[C@@H]1[C@H]2C(=O)N([C@@H](CO)Cc3ccccc3)C(C(=O)N(CC=C)c3c(C)cccc3C)C23CC[C@H]1O3)c1ccc(OCC)cc1. The van der Waals surface area contributed by atoms with Crippen molar-refractivity contribution in [3.63, 3.8) is 0 Å². The maximum atomic E-state index is 15.2. The smallest absolute Gasteiger partial charge is 0.253 e. The van der Waals surface area contributed by atoms with E-state index in [9.17, 15) is 9.90 Å². The molecule has 9 nitrogen and oxygen atoms in total. The quantitative estimate of drug-likeness (QED) is 0.229. The summed E-state index contributed by atoms with van der Waals surface area (Å²) in [5.74, 6) is -1.96. The summed E-state index contributed by atoms with van der Waals surface area (Å²) in [6.07, 6.45) is 4.09. The minimum atomic E-state index is -1.25. The number of fused-ring (bicyclic) bond motifs is 1. The van der Waals surface area contributed by atoms with Crippen molar-refractivity contribution in [1.29, 1.82) is 0 Å². The van der Waals surface area contributed by atoms with Gasteiger partial charge in [-0.1, -0.05) is 60.7 Å². The van der Waals surface area contributed by atoms with E-state index in [-0.39, 0.29) is 37.4 Å². The molecule has 2 bridgehead atoms. The predicted octanol–water partition coefficient (Wildman–Crippen LogP) is 5.42. The Kier molecular flexibility index (Phi) is 10.3. The van der Waals surface area contributed by atoms with Gasteiger partial charge in [-0.05, 0) is 81.0 Å². The summed E-state index contributed by atoms with van der Waals surface area (Å²) in [5.41, 5.74) is 2.89. The van der Waals surface area contributed by atoms with Gasteiger partial charge in [0, 0.05) is 24.5 Å². The fourth-order valence-corrected chi connectivity index (χ4v) is 8.50. The normalized spacial score (nSPS) is 24.1. The highest BCUT2D eigenvalue weighted by molar-refractivity contribution is 6.07. The number of anilines is 2. The monoisotopic (exact) mass is 677 g/mol. The van der Waals surface area contributed by atoms with Crippen molar-refractivity contribution in [3.8, 4) is 5.75 Å². The Morgan fingerprint density at radius 3 is 2.26 bits per heavy atom. The van der Waals surface area contributed by atoms with Gasteiger partial charge in [0.25, 0.3) is 5.91 Å². The fourth-order valence-electron chi connectivity index (χ4n) is 8.50. The summed E-state index contributed by atoms with van der Waals surface area (Å²) < 4.78 is 12.4. The van der Waals surface area contributed by atoms with Gasteiger partial charge in [0.2, 0.25) is 11.8 Å². The third kappa shape index (κ3) is 6.03. The topological polar surface area (TPSA) is 99.6 Å². The highest BCUT2D eigenvalue weighted by Crippen LogP contribution is 2.59. The standard InChI is InChI=1S/C41H47N3O6/c1-6-23-42(30-17-19-32(20-18-30)49-8-3)38(46)34-33-21-22-41(50-33)35(34)39(47)44(31(26-45)25-29-15-10-9-11-16-29)37(41)40(48)43(24-7-2)36-27(4)13-12-14-28(36)5/h6-7,9-20,31,33-35,37,45H,1-2,8,21-26H2,3-5H3/t31-,33-,34+,35+,37?,41?/m1/s1. The molecule has 262 valence electrons. The Hall–Kier alpha value is -4.73. The van der Waals surface area contributed by atoms with Crippen molar-refractivity contribution in [2.75, 3.05) is 36.1 Å². The lowest BCUT2D eigenvalue weighted by Crippen LogP contribution is -2.59. The zero-order valence-electron chi connectivity index (χ0n) is 29.2. The van der Waals surface area contributed by atoms with E-state index in [4.69, 9.17) is 9.47 Å². The van der Waals surface area contributed by atoms with Crippen LogP contribution in [0.15, 0.2) is 98.1 Å². The minimum Gasteiger partial charge on any atom is -0.494 e. The predicted molar refractivity (Wildman–Crippen MR) is 194 cm³/mol. The second-order valence-corrected chi connectivity index (χ2v) is 13.5. The van der Waals surface area contributed by atoms with E-state index in [0.717, 1.165) is 22.4 Å². The van der Waals surface area contributed by atoms with E-state index in [1.165, 1.54) is 0 Å². The molecule has 1 spiro atoms. The van der Waals surface area contributed by atoms with Crippen LogP contribution in [0.3, 0.4) is 0 Å².